The number of anilines is 1. The Morgan fingerprint density at radius 3 is 2.17 bits per heavy atom. The Kier molecular flexibility index (Phi) is 4.51. The van der Waals surface area contributed by atoms with Gasteiger partial charge in [-0.05, 0) is 35.7 Å². The molecule has 0 amide bonds. The third-order valence-corrected chi connectivity index (χ3v) is 3.28. The Labute approximate surface area is 118 Å². The standard InChI is InChI=1S/C15H15Cl2N/c1-2-11-5-3-4-6-12(11)10-18-15-8-13(16)7-14(17)9-15/h3-9,18H,2,10H2,1H3. The van der Waals surface area contributed by atoms with Gasteiger partial charge in [0.25, 0.3) is 0 Å². The van der Waals surface area contributed by atoms with Crippen LogP contribution >= 0.6 is 23.2 Å². The van der Waals surface area contributed by atoms with E-state index in [1.807, 2.05) is 12.1 Å². The Morgan fingerprint density at radius 2 is 1.56 bits per heavy atom. The van der Waals surface area contributed by atoms with E-state index in [1.165, 1.54) is 11.1 Å². The highest BCUT2D eigenvalue weighted by atomic mass is 35.5. The van der Waals surface area contributed by atoms with Crippen molar-refractivity contribution in [3.8, 4) is 0 Å². The first-order valence-corrected chi connectivity index (χ1v) is 6.71. The van der Waals surface area contributed by atoms with Crippen LogP contribution in [0.2, 0.25) is 10.0 Å². The van der Waals surface area contributed by atoms with Gasteiger partial charge in [-0.25, -0.2) is 0 Å². The summed E-state index contributed by atoms with van der Waals surface area (Å²) < 4.78 is 0. The smallest absolute Gasteiger partial charge is 0.0441 e. The van der Waals surface area contributed by atoms with Gasteiger partial charge in [-0.15, -0.1) is 0 Å². The van der Waals surface area contributed by atoms with E-state index < -0.39 is 0 Å². The molecule has 94 valence electrons. The molecule has 0 unspecified atom stereocenters. The van der Waals surface area contributed by atoms with Crippen molar-refractivity contribution in [3.05, 3.63) is 63.6 Å². The van der Waals surface area contributed by atoms with Crippen LogP contribution in [-0.4, -0.2) is 0 Å². The highest BCUT2D eigenvalue weighted by Crippen LogP contribution is 2.23. The first-order chi connectivity index (χ1) is 8.69. The molecule has 0 atom stereocenters. The predicted octanol–water partition coefficient (Wildman–Crippen LogP) is 5.17. The van der Waals surface area contributed by atoms with Crippen LogP contribution in [0.1, 0.15) is 18.1 Å². The number of aryl methyl sites for hydroxylation is 1. The second-order valence-corrected chi connectivity index (χ2v) is 5.01. The maximum absolute atomic E-state index is 5.97. The van der Waals surface area contributed by atoms with Crippen molar-refractivity contribution in [3.63, 3.8) is 0 Å². The van der Waals surface area contributed by atoms with E-state index in [0.717, 1.165) is 18.7 Å². The van der Waals surface area contributed by atoms with E-state index in [0.29, 0.717) is 10.0 Å². The maximum Gasteiger partial charge on any atom is 0.0441 e. The Bertz CT molecular complexity index is 518. The summed E-state index contributed by atoms with van der Waals surface area (Å²) in [6.07, 6.45) is 1.04. The highest BCUT2D eigenvalue weighted by Gasteiger charge is 2.01. The molecule has 0 radical (unpaired) electrons. The molecule has 1 N–H and O–H groups in total. The Morgan fingerprint density at radius 1 is 0.944 bits per heavy atom. The second-order valence-electron chi connectivity index (χ2n) is 4.13. The number of benzene rings is 2. The molecule has 0 aromatic heterocycles. The van der Waals surface area contributed by atoms with E-state index in [9.17, 15) is 0 Å². The fourth-order valence-electron chi connectivity index (χ4n) is 1.93. The molecular formula is C15H15Cl2N. The summed E-state index contributed by atoms with van der Waals surface area (Å²) in [6.45, 7) is 2.94. The lowest BCUT2D eigenvalue weighted by Gasteiger charge is -2.11. The molecular weight excluding hydrogens is 265 g/mol. The van der Waals surface area contributed by atoms with Gasteiger partial charge < -0.3 is 5.32 Å². The number of rotatable bonds is 4. The largest absolute Gasteiger partial charge is 0.381 e. The van der Waals surface area contributed by atoms with Crippen molar-refractivity contribution < 1.29 is 0 Å². The van der Waals surface area contributed by atoms with Crippen LogP contribution in [-0.2, 0) is 13.0 Å². The Balaban J connectivity index is 2.11. The minimum atomic E-state index is 0.647. The molecule has 0 spiro atoms. The first-order valence-electron chi connectivity index (χ1n) is 5.96. The molecule has 2 rings (SSSR count). The van der Waals surface area contributed by atoms with Crippen LogP contribution in [0.3, 0.4) is 0 Å². The van der Waals surface area contributed by atoms with E-state index in [1.54, 1.807) is 6.07 Å². The van der Waals surface area contributed by atoms with Crippen molar-refractivity contribution in [1.29, 1.82) is 0 Å². The lowest BCUT2D eigenvalue weighted by atomic mass is 10.1. The van der Waals surface area contributed by atoms with Gasteiger partial charge in [-0.1, -0.05) is 54.4 Å². The molecule has 1 nitrogen and oxygen atoms in total. The molecule has 18 heavy (non-hydrogen) atoms. The molecule has 0 bridgehead atoms. The molecule has 0 saturated heterocycles. The molecule has 0 saturated carbocycles. The first kappa shape index (κ1) is 13.3. The lowest BCUT2D eigenvalue weighted by molar-refractivity contribution is 1.04. The van der Waals surface area contributed by atoms with E-state index in [2.05, 4.69) is 36.5 Å². The minimum Gasteiger partial charge on any atom is -0.381 e. The summed E-state index contributed by atoms with van der Waals surface area (Å²) in [5.74, 6) is 0. The van der Waals surface area contributed by atoms with Crippen molar-refractivity contribution in [2.45, 2.75) is 19.9 Å². The molecule has 0 aliphatic rings. The predicted molar refractivity (Wildman–Crippen MR) is 79.6 cm³/mol. The van der Waals surface area contributed by atoms with Crippen molar-refractivity contribution in [2.24, 2.45) is 0 Å². The fraction of sp³-hybridized carbons (Fsp3) is 0.200. The summed E-state index contributed by atoms with van der Waals surface area (Å²) in [5.41, 5.74) is 3.60. The van der Waals surface area contributed by atoms with E-state index in [4.69, 9.17) is 23.2 Å². The number of hydrogen-bond donors (Lipinski definition) is 1. The van der Waals surface area contributed by atoms with Crippen molar-refractivity contribution >= 4 is 28.9 Å². The van der Waals surface area contributed by atoms with Gasteiger partial charge in [-0.2, -0.15) is 0 Å². The van der Waals surface area contributed by atoms with Gasteiger partial charge in [0.2, 0.25) is 0 Å². The van der Waals surface area contributed by atoms with Gasteiger partial charge in [0, 0.05) is 22.3 Å². The average Bonchev–Trinajstić information content (AvgIpc) is 2.35. The summed E-state index contributed by atoms with van der Waals surface area (Å²) in [5, 5.41) is 4.64. The number of nitrogens with one attached hydrogen (secondary N) is 1. The van der Waals surface area contributed by atoms with Gasteiger partial charge in [0.15, 0.2) is 0 Å². The average molecular weight is 280 g/mol. The van der Waals surface area contributed by atoms with E-state index >= 15 is 0 Å². The summed E-state index contributed by atoms with van der Waals surface area (Å²) in [4.78, 5) is 0. The quantitative estimate of drug-likeness (QED) is 0.814. The zero-order chi connectivity index (χ0) is 13.0. The van der Waals surface area contributed by atoms with Gasteiger partial charge in [-0.3, -0.25) is 0 Å². The third kappa shape index (κ3) is 3.41. The topological polar surface area (TPSA) is 12.0 Å². The lowest BCUT2D eigenvalue weighted by Crippen LogP contribution is -2.02. The molecule has 3 heteroatoms. The van der Waals surface area contributed by atoms with E-state index in [-0.39, 0.29) is 0 Å². The molecule has 0 aliphatic heterocycles. The highest BCUT2D eigenvalue weighted by molar-refractivity contribution is 6.35. The SMILES string of the molecule is CCc1ccccc1CNc1cc(Cl)cc(Cl)c1. The van der Waals surface area contributed by atoms with Crippen molar-refractivity contribution in [1.82, 2.24) is 0 Å². The monoisotopic (exact) mass is 279 g/mol. The van der Waals surface area contributed by atoms with Gasteiger partial charge in [0.05, 0.1) is 0 Å². The molecule has 0 heterocycles. The minimum absolute atomic E-state index is 0.647. The summed E-state index contributed by atoms with van der Waals surface area (Å²) in [7, 11) is 0. The van der Waals surface area contributed by atoms with Crippen LogP contribution in [0, 0.1) is 0 Å². The van der Waals surface area contributed by atoms with Crippen LogP contribution in [0.15, 0.2) is 42.5 Å². The molecule has 0 fully saturated rings. The molecule has 2 aromatic rings. The second kappa shape index (κ2) is 6.12. The zero-order valence-electron chi connectivity index (χ0n) is 10.2. The Hall–Kier alpha value is -1.18. The van der Waals surface area contributed by atoms with Crippen LogP contribution in [0.5, 0.6) is 0 Å². The normalized spacial score (nSPS) is 10.4. The number of halogens is 2. The van der Waals surface area contributed by atoms with Gasteiger partial charge in [0.1, 0.15) is 0 Å². The maximum atomic E-state index is 5.97. The van der Waals surface area contributed by atoms with Crippen LogP contribution < -0.4 is 5.32 Å². The van der Waals surface area contributed by atoms with Crippen molar-refractivity contribution in [2.75, 3.05) is 5.32 Å². The number of hydrogen-bond acceptors (Lipinski definition) is 1. The molecule has 0 aliphatic carbocycles. The summed E-state index contributed by atoms with van der Waals surface area (Å²) in [6, 6.07) is 13.9. The van der Waals surface area contributed by atoms with Crippen LogP contribution in [0.25, 0.3) is 0 Å². The van der Waals surface area contributed by atoms with Gasteiger partial charge >= 0.3 is 0 Å². The third-order valence-electron chi connectivity index (χ3n) is 2.84. The fourth-order valence-corrected chi connectivity index (χ4v) is 2.45. The molecule has 2 aromatic carbocycles. The zero-order valence-corrected chi connectivity index (χ0v) is 11.7. The van der Waals surface area contributed by atoms with Crippen LogP contribution in [0.4, 0.5) is 5.69 Å². The summed E-state index contributed by atoms with van der Waals surface area (Å²) >= 11 is 11.9.